The number of carbonyl (C=O) groups excluding carboxylic acids is 5. The van der Waals surface area contributed by atoms with Crippen molar-refractivity contribution < 1.29 is 33.4 Å². The Kier molecular flexibility index (Phi) is 18.7. The van der Waals surface area contributed by atoms with E-state index in [4.69, 9.17) is 37.7 Å². The lowest BCUT2D eigenvalue weighted by molar-refractivity contribution is -0.147. The first-order valence-corrected chi connectivity index (χ1v) is 26.9. The molecule has 8 rings (SSSR count). The molecule has 0 spiro atoms. The van der Waals surface area contributed by atoms with E-state index < -0.39 is 41.8 Å². The van der Waals surface area contributed by atoms with Crippen molar-refractivity contribution >= 4 is 52.7 Å². The number of fused-ring (bicyclic) bond motifs is 1. The van der Waals surface area contributed by atoms with Crippen LogP contribution in [0.15, 0.2) is 103 Å². The third-order valence-electron chi connectivity index (χ3n) is 15.2. The normalized spacial score (nSPS) is 22.9. The molecule has 75 heavy (non-hydrogen) atoms. The van der Waals surface area contributed by atoms with Crippen molar-refractivity contribution in [1.82, 2.24) is 39.8 Å². The van der Waals surface area contributed by atoms with Gasteiger partial charge in [-0.25, -0.2) is 4.98 Å². The minimum absolute atomic E-state index is 0.0472. The fourth-order valence-electron chi connectivity index (χ4n) is 10.8. The molecule has 1 saturated carbocycles. The molecule has 1 aliphatic carbocycles. The van der Waals surface area contributed by atoms with Gasteiger partial charge in [0, 0.05) is 79.7 Å². The van der Waals surface area contributed by atoms with Gasteiger partial charge in [0.1, 0.15) is 23.6 Å². The van der Waals surface area contributed by atoms with Crippen LogP contribution < -0.4 is 15.4 Å². The van der Waals surface area contributed by atoms with Gasteiger partial charge in [-0.15, -0.1) is 0 Å². The minimum atomic E-state index is -1.19. The highest BCUT2D eigenvalue weighted by atomic mass is 35.5. The van der Waals surface area contributed by atoms with Gasteiger partial charge in [-0.2, -0.15) is 0 Å². The molecule has 0 unspecified atom stereocenters. The summed E-state index contributed by atoms with van der Waals surface area (Å²) in [7, 11) is 4.81. The average Bonchev–Trinajstić information content (AvgIpc) is 4.07. The van der Waals surface area contributed by atoms with E-state index in [1.807, 2.05) is 73.1 Å². The van der Waals surface area contributed by atoms with Crippen LogP contribution in [0.1, 0.15) is 86.4 Å². The van der Waals surface area contributed by atoms with Crippen molar-refractivity contribution in [2.24, 2.45) is 5.92 Å². The lowest BCUT2D eigenvalue weighted by Crippen LogP contribution is -2.58. The zero-order valence-electron chi connectivity index (χ0n) is 43.7. The van der Waals surface area contributed by atoms with Crippen LogP contribution in [-0.2, 0) is 54.6 Å². The summed E-state index contributed by atoms with van der Waals surface area (Å²) in [6, 6.07) is 25.8. The second-order valence-electron chi connectivity index (χ2n) is 20.4. The average molecular weight is 1060 g/mol. The predicted molar refractivity (Wildman–Crippen MR) is 290 cm³/mol. The van der Waals surface area contributed by atoms with Crippen molar-refractivity contribution in [3.63, 3.8) is 0 Å². The van der Waals surface area contributed by atoms with E-state index in [9.17, 15) is 14.4 Å². The summed E-state index contributed by atoms with van der Waals surface area (Å²) in [5.74, 6) is -2.03. The fourth-order valence-corrected chi connectivity index (χ4v) is 11.1. The Balaban J connectivity index is 1.13. The van der Waals surface area contributed by atoms with Gasteiger partial charge in [-0.05, 0) is 125 Å². The largest absolute Gasteiger partial charge is 0.457 e. The Hall–Kier alpha value is -6.26. The van der Waals surface area contributed by atoms with Crippen LogP contribution in [0.5, 0.6) is 11.5 Å². The number of methoxy groups -OCH3 is 1. The first-order valence-electron chi connectivity index (χ1n) is 26.2. The second kappa shape index (κ2) is 25.5. The second-order valence-corrected chi connectivity index (χ2v) is 21.3. The molecule has 0 radical (unpaired) electrons. The molecule has 3 aliphatic rings. The molecule has 398 valence electrons. The molecular formula is C58H70Cl2N8O7. The first-order chi connectivity index (χ1) is 36.1. The number of likely N-dealkylation sites (N-methyl/N-ethyl adjacent to an activating group) is 2. The third kappa shape index (κ3) is 14.0. The van der Waals surface area contributed by atoms with Crippen LogP contribution in [0.2, 0.25) is 10.0 Å². The Labute approximate surface area is 450 Å². The maximum Gasteiger partial charge on any atom is 0.247 e. The van der Waals surface area contributed by atoms with E-state index in [-0.39, 0.29) is 56.3 Å². The van der Waals surface area contributed by atoms with E-state index in [0.717, 1.165) is 60.7 Å². The number of likely N-dealkylation sites (tertiary alicyclic amines) is 1. The molecule has 2 saturated heterocycles. The molecule has 1 aromatic heterocycles. The standard InChI is InChI=1S/C58H70Cl2N8O7/c1-38-50(35-66-27-11-12-28-66)61-37-68(38)46-23-25-48(26-24-46)75-53-32-45(60)22-19-42(53)34-67-39(2)56(71)63-51(36-74-5)58(73)64(3)47(30-41-17-20-44(59)21-18-41)33-54(69)62-49-15-9-10-16-52(49)65(4)57(72)43(31-55(67)70)29-40-13-7-6-8-14-40/h6-8,13-14,17-26,32,37,39,43,47,49,51-52H,9-12,15-16,27-31,33-36H2,1-5H3,(H,62,69)(H,63,71)/t39-,43+,47-,49-,51-,52-/m0/s1. The number of aromatic nitrogens is 2. The molecule has 6 atom stereocenters. The summed E-state index contributed by atoms with van der Waals surface area (Å²) in [6.07, 6.45) is 7.56. The number of imidazole rings is 1. The number of hydrogen-bond acceptors (Lipinski definition) is 9. The van der Waals surface area contributed by atoms with Crippen molar-refractivity contribution in [2.45, 2.75) is 121 Å². The SMILES string of the molecule is COC[C@@H]1NC(=O)[C@H](C)N(Cc2ccc(Cl)cc2Oc2ccc(-n3cnc(CN4CCCC4)c3C)cc2)C(=O)C[C@@H](Cc2ccccc2)C(=O)N(C)[C@H]2CCCC[C@@H]2NC(=O)C[C@H](Cc2ccc(Cl)cc2)N(C)C1=O. The monoisotopic (exact) mass is 1060 g/mol. The van der Waals surface area contributed by atoms with E-state index in [0.29, 0.717) is 46.4 Å². The zero-order valence-corrected chi connectivity index (χ0v) is 45.2. The molecule has 17 heteroatoms. The first kappa shape index (κ1) is 55.0. The smallest absolute Gasteiger partial charge is 0.247 e. The molecule has 5 aromatic rings. The summed E-state index contributed by atoms with van der Waals surface area (Å²) in [4.78, 5) is 85.7. The van der Waals surface area contributed by atoms with Crippen molar-refractivity contribution in [1.29, 1.82) is 0 Å². The minimum Gasteiger partial charge on any atom is -0.457 e. The predicted octanol–water partition coefficient (Wildman–Crippen LogP) is 8.33. The van der Waals surface area contributed by atoms with Gasteiger partial charge in [0.05, 0.1) is 37.1 Å². The lowest BCUT2D eigenvalue weighted by Gasteiger charge is -2.40. The third-order valence-corrected chi connectivity index (χ3v) is 15.7. The molecule has 4 aromatic carbocycles. The lowest BCUT2D eigenvalue weighted by atomic mass is 9.87. The Morgan fingerprint density at radius 2 is 1.43 bits per heavy atom. The van der Waals surface area contributed by atoms with Gasteiger partial charge >= 0.3 is 0 Å². The van der Waals surface area contributed by atoms with Crippen molar-refractivity contribution in [2.75, 3.05) is 40.9 Å². The Morgan fingerprint density at radius 3 is 2.15 bits per heavy atom. The molecule has 3 fully saturated rings. The molecule has 2 aliphatic heterocycles. The maximum absolute atomic E-state index is 15.3. The van der Waals surface area contributed by atoms with Crippen LogP contribution in [0.25, 0.3) is 5.69 Å². The summed E-state index contributed by atoms with van der Waals surface area (Å²) < 4.78 is 14.2. The van der Waals surface area contributed by atoms with Crippen molar-refractivity contribution in [3.05, 3.63) is 142 Å². The van der Waals surface area contributed by atoms with E-state index in [2.05, 4.69) is 27.0 Å². The summed E-state index contributed by atoms with van der Waals surface area (Å²) in [5, 5.41) is 7.10. The van der Waals surface area contributed by atoms with Crippen LogP contribution >= 0.6 is 23.2 Å². The van der Waals surface area contributed by atoms with Gasteiger partial charge in [-0.3, -0.25) is 28.9 Å². The Bertz CT molecular complexity index is 2770. The van der Waals surface area contributed by atoms with E-state index in [1.54, 1.807) is 56.3 Å². The number of nitrogens with one attached hydrogen (secondary N) is 2. The number of benzene rings is 4. The highest BCUT2D eigenvalue weighted by molar-refractivity contribution is 6.31. The molecule has 2 N–H and O–H groups in total. The number of amides is 5. The van der Waals surface area contributed by atoms with Gasteiger partial charge in [0.15, 0.2) is 0 Å². The summed E-state index contributed by atoms with van der Waals surface area (Å²) in [6.45, 7) is 6.36. The number of halogens is 2. The molecule has 15 nitrogen and oxygen atoms in total. The van der Waals surface area contributed by atoms with Crippen LogP contribution in [0.4, 0.5) is 0 Å². The van der Waals surface area contributed by atoms with Gasteiger partial charge in [-0.1, -0.05) is 84.6 Å². The number of hydrogen-bond donors (Lipinski definition) is 2. The van der Waals surface area contributed by atoms with Crippen LogP contribution in [0, 0.1) is 12.8 Å². The summed E-state index contributed by atoms with van der Waals surface area (Å²) in [5.41, 5.74) is 5.31. The summed E-state index contributed by atoms with van der Waals surface area (Å²) >= 11 is 12.9. The zero-order chi connectivity index (χ0) is 53.2. The highest BCUT2D eigenvalue weighted by Gasteiger charge is 2.39. The number of rotatable bonds is 13. The fraction of sp³-hybridized carbons (Fsp3) is 0.448. The van der Waals surface area contributed by atoms with E-state index >= 15 is 9.59 Å². The highest BCUT2D eigenvalue weighted by Crippen LogP contribution is 2.33. The topological polar surface area (TPSA) is 159 Å². The number of ether oxygens (including phenoxy) is 2. The van der Waals surface area contributed by atoms with E-state index in [1.165, 1.54) is 29.8 Å². The molecule has 3 heterocycles. The van der Waals surface area contributed by atoms with Crippen LogP contribution in [-0.4, -0.2) is 130 Å². The van der Waals surface area contributed by atoms with Gasteiger partial charge in [0.25, 0.3) is 0 Å². The molecular weight excluding hydrogens is 992 g/mol. The Morgan fingerprint density at radius 1 is 0.733 bits per heavy atom. The number of carbonyl (C=O) groups is 5. The number of nitrogens with zero attached hydrogens (tertiary/aromatic N) is 6. The van der Waals surface area contributed by atoms with Crippen LogP contribution in [0.3, 0.4) is 0 Å². The van der Waals surface area contributed by atoms with Gasteiger partial charge < -0.3 is 39.4 Å². The molecule has 0 bridgehead atoms. The molecule has 5 amide bonds. The maximum atomic E-state index is 15.3. The van der Waals surface area contributed by atoms with Gasteiger partial charge in [0.2, 0.25) is 29.5 Å². The van der Waals surface area contributed by atoms with Crippen molar-refractivity contribution in [3.8, 4) is 17.2 Å². The quantitative estimate of drug-likeness (QED) is 0.118.